The lowest BCUT2D eigenvalue weighted by Gasteiger charge is -2.17. The first-order chi connectivity index (χ1) is 9.99. The van der Waals surface area contributed by atoms with Crippen molar-refractivity contribution in [3.8, 4) is 5.75 Å². The Morgan fingerprint density at radius 1 is 1.38 bits per heavy atom. The Morgan fingerprint density at radius 3 is 2.71 bits per heavy atom. The van der Waals surface area contributed by atoms with Crippen LogP contribution in [0.2, 0.25) is 10.0 Å². The van der Waals surface area contributed by atoms with E-state index in [2.05, 4.69) is 5.10 Å². The van der Waals surface area contributed by atoms with Gasteiger partial charge >= 0.3 is 0 Å². The molecule has 0 saturated heterocycles. The molecule has 1 heterocycles. The number of ether oxygens (including phenoxy) is 1. The summed E-state index contributed by atoms with van der Waals surface area (Å²) >= 11 is 12.5. The maximum absolute atomic E-state index is 10.6. The third-order valence-corrected chi connectivity index (χ3v) is 4.23. The highest BCUT2D eigenvalue weighted by Crippen LogP contribution is 2.35. The van der Waals surface area contributed by atoms with E-state index >= 15 is 0 Å². The van der Waals surface area contributed by atoms with Crippen molar-refractivity contribution < 1.29 is 9.84 Å². The second-order valence-corrected chi connectivity index (χ2v) is 5.52. The number of methoxy groups -OCH3 is 1. The number of halogens is 2. The van der Waals surface area contributed by atoms with Gasteiger partial charge in [0.05, 0.1) is 34.6 Å². The average molecular weight is 329 g/mol. The molecular weight excluding hydrogens is 311 g/mol. The molecule has 0 aliphatic heterocycles. The van der Waals surface area contributed by atoms with Gasteiger partial charge in [0.25, 0.3) is 0 Å². The van der Waals surface area contributed by atoms with Gasteiger partial charge < -0.3 is 9.84 Å². The Labute approximate surface area is 134 Å². The van der Waals surface area contributed by atoms with E-state index in [1.165, 1.54) is 0 Å². The van der Waals surface area contributed by atoms with Gasteiger partial charge in [-0.3, -0.25) is 4.68 Å². The molecule has 1 atom stereocenters. The molecule has 0 fully saturated rings. The fraction of sp³-hybridized carbons (Fsp3) is 0.400. The Bertz CT molecular complexity index is 641. The summed E-state index contributed by atoms with van der Waals surface area (Å²) in [4.78, 5) is 0. The highest BCUT2D eigenvalue weighted by Gasteiger charge is 2.22. The summed E-state index contributed by atoms with van der Waals surface area (Å²) in [5.74, 6) is 0.561. The molecule has 0 aliphatic carbocycles. The molecule has 21 heavy (non-hydrogen) atoms. The third kappa shape index (κ3) is 3.18. The molecular formula is C15H18Cl2N2O2. The smallest absolute Gasteiger partial charge is 0.126 e. The average Bonchev–Trinajstić information content (AvgIpc) is 2.74. The molecule has 1 N–H and O–H groups in total. The highest BCUT2D eigenvalue weighted by molar-refractivity contribution is 6.32. The summed E-state index contributed by atoms with van der Waals surface area (Å²) in [6.07, 6.45) is -0.485. The number of hydrogen-bond donors (Lipinski definition) is 1. The SMILES string of the molecule is CCn1nc(C)c(Cl)c1CC(O)c1c(Cl)cccc1OC. The van der Waals surface area contributed by atoms with Crippen LogP contribution in [0.5, 0.6) is 5.75 Å². The van der Waals surface area contributed by atoms with Crippen molar-refractivity contribution >= 4 is 23.2 Å². The van der Waals surface area contributed by atoms with Crippen LogP contribution in [0.1, 0.15) is 30.0 Å². The van der Waals surface area contributed by atoms with Gasteiger partial charge in [0.2, 0.25) is 0 Å². The van der Waals surface area contributed by atoms with Gasteiger partial charge in [-0.05, 0) is 26.0 Å². The molecule has 0 amide bonds. The molecule has 2 rings (SSSR count). The predicted molar refractivity (Wildman–Crippen MR) is 84.3 cm³/mol. The molecule has 0 aliphatic rings. The molecule has 1 unspecified atom stereocenters. The van der Waals surface area contributed by atoms with Gasteiger partial charge in [0.15, 0.2) is 0 Å². The zero-order chi connectivity index (χ0) is 15.6. The Kier molecular flexibility index (Phi) is 5.14. The topological polar surface area (TPSA) is 47.3 Å². The molecule has 0 bridgehead atoms. The monoisotopic (exact) mass is 328 g/mol. The number of nitrogens with zero attached hydrogens (tertiary/aromatic N) is 2. The lowest BCUT2D eigenvalue weighted by atomic mass is 10.0. The summed E-state index contributed by atoms with van der Waals surface area (Å²) < 4.78 is 7.07. The van der Waals surface area contributed by atoms with E-state index in [9.17, 15) is 5.11 Å². The van der Waals surface area contributed by atoms with Crippen LogP contribution in [0.3, 0.4) is 0 Å². The molecule has 0 spiro atoms. The molecule has 1 aromatic carbocycles. The van der Waals surface area contributed by atoms with Gasteiger partial charge in [-0.1, -0.05) is 29.3 Å². The van der Waals surface area contributed by atoms with E-state index in [1.54, 1.807) is 30.0 Å². The molecule has 1 aromatic heterocycles. The summed E-state index contributed by atoms with van der Waals surface area (Å²) in [5, 5.41) is 16.0. The molecule has 6 heteroatoms. The van der Waals surface area contributed by atoms with Gasteiger partial charge in [0.1, 0.15) is 5.75 Å². The van der Waals surface area contributed by atoms with Crippen LogP contribution in [0, 0.1) is 6.92 Å². The number of rotatable bonds is 5. The quantitative estimate of drug-likeness (QED) is 0.907. The van der Waals surface area contributed by atoms with Gasteiger partial charge in [-0.2, -0.15) is 5.10 Å². The first-order valence-electron chi connectivity index (χ1n) is 6.71. The van der Waals surface area contributed by atoms with Crippen molar-refractivity contribution in [2.45, 2.75) is 32.9 Å². The molecule has 2 aromatic rings. The van der Waals surface area contributed by atoms with E-state index in [-0.39, 0.29) is 0 Å². The van der Waals surface area contributed by atoms with Crippen LogP contribution >= 0.6 is 23.2 Å². The lowest BCUT2D eigenvalue weighted by Crippen LogP contribution is -2.10. The normalized spacial score (nSPS) is 12.5. The van der Waals surface area contributed by atoms with E-state index < -0.39 is 6.10 Å². The fourth-order valence-corrected chi connectivity index (χ4v) is 2.87. The number of aryl methyl sites for hydroxylation is 2. The lowest BCUT2D eigenvalue weighted by molar-refractivity contribution is 0.171. The minimum atomic E-state index is -0.812. The molecule has 4 nitrogen and oxygen atoms in total. The van der Waals surface area contributed by atoms with Gasteiger partial charge in [-0.25, -0.2) is 0 Å². The van der Waals surface area contributed by atoms with Crippen molar-refractivity contribution in [2.75, 3.05) is 7.11 Å². The Balaban J connectivity index is 2.37. The molecule has 114 valence electrons. The summed E-state index contributed by atoms with van der Waals surface area (Å²) in [6.45, 7) is 4.52. The van der Waals surface area contributed by atoms with Gasteiger partial charge in [-0.15, -0.1) is 0 Å². The number of aliphatic hydroxyl groups is 1. The van der Waals surface area contributed by atoms with Crippen molar-refractivity contribution in [3.05, 3.63) is 45.2 Å². The number of hydrogen-bond acceptors (Lipinski definition) is 3. The van der Waals surface area contributed by atoms with Crippen LogP contribution in [-0.2, 0) is 13.0 Å². The molecule has 0 radical (unpaired) electrons. The number of aromatic nitrogens is 2. The zero-order valence-corrected chi connectivity index (χ0v) is 13.7. The van der Waals surface area contributed by atoms with Crippen molar-refractivity contribution in [1.82, 2.24) is 9.78 Å². The fourth-order valence-electron chi connectivity index (χ4n) is 2.37. The van der Waals surface area contributed by atoms with Crippen LogP contribution in [0.15, 0.2) is 18.2 Å². The minimum absolute atomic E-state index is 0.327. The van der Waals surface area contributed by atoms with Crippen molar-refractivity contribution in [1.29, 1.82) is 0 Å². The second-order valence-electron chi connectivity index (χ2n) is 4.74. The number of benzene rings is 1. The third-order valence-electron chi connectivity index (χ3n) is 3.41. The zero-order valence-electron chi connectivity index (χ0n) is 12.2. The predicted octanol–water partition coefficient (Wildman–Crippen LogP) is 3.80. The van der Waals surface area contributed by atoms with E-state index in [0.29, 0.717) is 34.3 Å². The largest absolute Gasteiger partial charge is 0.496 e. The Morgan fingerprint density at radius 2 is 2.10 bits per heavy atom. The maximum atomic E-state index is 10.6. The van der Waals surface area contributed by atoms with E-state index in [0.717, 1.165) is 11.4 Å². The van der Waals surface area contributed by atoms with Crippen LogP contribution < -0.4 is 4.74 Å². The van der Waals surface area contributed by atoms with Gasteiger partial charge in [0, 0.05) is 18.5 Å². The minimum Gasteiger partial charge on any atom is -0.496 e. The van der Waals surface area contributed by atoms with E-state index in [1.807, 2.05) is 13.8 Å². The second kappa shape index (κ2) is 6.69. The van der Waals surface area contributed by atoms with Crippen molar-refractivity contribution in [3.63, 3.8) is 0 Å². The van der Waals surface area contributed by atoms with Crippen molar-refractivity contribution in [2.24, 2.45) is 0 Å². The summed E-state index contributed by atoms with van der Waals surface area (Å²) in [5.41, 5.74) is 2.12. The first-order valence-corrected chi connectivity index (χ1v) is 7.47. The summed E-state index contributed by atoms with van der Waals surface area (Å²) in [6, 6.07) is 5.28. The maximum Gasteiger partial charge on any atom is 0.126 e. The standard InChI is InChI=1S/C15H18Cl2N2O2/c1-4-19-11(15(17)9(2)18-19)8-12(20)14-10(16)6-5-7-13(14)21-3/h5-7,12,20H,4,8H2,1-3H3. The first kappa shape index (κ1) is 16.1. The molecule has 0 saturated carbocycles. The Hall–Kier alpha value is -1.23. The van der Waals surface area contributed by atoms with Crippen LogP contribution in [-0.4, -0.2) is 22.0 Å². The summed E-state index contributed by atoms with van der Waals surface area (Å²) in [7, 11) is 1.55. The highest BCUT2D eigenvalue weighted by atomic mass is 35.5. The van der Waals surface area contributed by atoms with E-state index in [4.69, 9.17) is 27.9 Å². The van der Waals surface area contributed by atoms with Crippen LogP contribution in [0.4, 0.5) is 0 Å². The van der Waals surface area contributed by atoms with Crippen LogP contribution in [0.25, 0.3) is 0 Å². The number of aliphatic hydroxyl groups excluding tert-OH is 1.